The molecule has 0 aromatic carbocycles. The third kappa shape index (κ3) is 3.02. The van der Waals surface area contributed by atoms with Crippen LogP contribution in [0.3, 0.4) is 0 Å². The number of nitrogens with zero attached hydrogens (tertiary/aromatic N) is 2. The lowest BCUT2D eigenvalue weighted by Crippen LogP contribution is -2.47. The van der Waals surface area contributed by atoms with Crippen molar-refractivity contribution in [2.45, 2.75) is 94.8 Å². The second-order valence-corrected chi connectivity index (χ2v) is 7.13. The summed E-state index contributed by atoms with van der Waals surface area (Å²) in [5, 5.41) is 13.3. The summed E-state index contributed by atoms with van der Waals surface area (Å²) in [5.41, 5.74) is -0.214. The van der Waals surface area contributed by atoms with Gasteiger partial charge in [0.1, 0.15) is 5.54 Å². The van der Waals surface area contributed by atoms with Gasteiger partial charge in [0, 0.05) is 18.1 Å². The Labute approximate surface area is 123 Å². The van der Waals surface area contributed by atoms with Crippen molar-refractivity contribution in [3.63, 3.8) is 0 Å². The van der Waals surface area contributed by atoms with Crippen molar-refractivity contribution < 1.29 is 0 Å². The Hall–Kier alpha value is -0.590. The van der Waals surface area contributed by atoms with Crippen LogP contribution in [0.5, 0.6) is 0 Å². The Morgan fingerprint density at radius 1 is 1.10 bits per heavy atom. The van der Waals surface area contributed by atoms with Gasteiger partial charge in [-0.25, -0.2) is 0 Å². The summed E-state index contributed by atoms with van der Waals surface area (Å²) < 4.78 is 0. The summed E-state index contributed by atoms with van der Waals surface area (Å²) in [5.74, 6) is 0. The molecule has 1 N–H and O–H groups in total. The Morgan fingerprint density at radius 2 is 1.85 bits per heavy atom. The molecule has 0 saturated heterocycles. The van der Waals surface area contributed by atoms with Crippen LogP contribution in [0.4, 0.5) is 0 Å². The molecule has 0 aromatic rings. The average molecular weight is 275 g/mol. The van der Waals surface area contributed by atoms with E-state index in [0.29, 0.717) is 12.1 Å². The standard InChI is InChI=1S/C17H29N3/c1-2-20(15-6-4-3-5-7-15)16-10-11-17(12-16,13-18)19-14-8-9-14/h14-16,19H,2-12H2,1H3. The molecule has 112 valence electrons. The number of nitriles is 1. The normalized spacial score (nSPS) is 35.4. The molecule has 3 rings (SSSR count). The van der Waals surface area contributed by atoms with Gasteiger partial charge in [0.25, 0.3) is 0 Å². The summed E-state index contributed by atoms with van der Waals surface area (Å²) in [6.45, 7) is 3.45. The van der Waals surface area contributed by atoms with Gasteiger partial charge in [0.05, 0.1) is 6.07 Å². The predicted molar refractivity (Wildman–Crippen MR) is 81.4 cm³/mol. The average Bonchev–Trinajstić information content (AvgIpc) is 3.20. The molecule has 3 fully saturated rings. The maximum absolute atomic E-state index is 9.64. The molecule has 20 heavy (non-hydrogen) atoms. The van der Waals surface area contributed by atoms with Crippen molar-refractivity contribution in [2.75, 3.05) is 6.54 Å². The molecular weight excluding hydrogens is 246 g/mol. The highest BCUT2D eigenvalue weighted by atomic mass is 15.2. The smallest absolute Gasteiger partial charge is 0.108 e. The molecule has 3 aliphatic carbocycles. The van der Waals surface area contributed by atoms with Crippen molar-refractivity contribution in [1.82, 2.24) is 10.2 Å². The molecule has 3 aliphatic rings. The Balaban J connectivity index is 1.62. The number of hydrogen-bond acceptors (Lipinski definition) is 3. The van der Waals surface area contributed by atoms with Crippen LogP contribution in [0.2, 0.25) is 0 Å². The molecule has 3 nitrogen and oxygen atoms in total. The van der Waals surface area contributed by atoms with E-state index in [0.717, 1.165) is 25.4 Å². The molecule has 3 saturated carbocycles. The Bertz CT molecular complexity index is 365. The van der Waals surface area contributed by atoms with E-state index < -0.39 is 0 Å². The quantitative estimate of drug-likeness (QED) is 0.837. The number of nitrogens with one attached hydrogen (secondary N) is 1. The Morgan fingerprint density at radius 3 is 2.45 bits per heavy atom. The van der Waals surface area contributed by atoms with Crippen LogP contribution in [-0.2, 0) is 0 Å². The first-order valence-electron chi connectivity index (χ1n) is 8.71. The minimum Gasteiger partial charge on any atom is -0.298 e. The molecule has 0 spiro atoms. The fourth-order valence-electron chi connectivity index (χ4n) is 4.41. The Kier molecular flexibility index (Phi) is 4.33. The van der Waals surface area contributed by atoms with Crippen molar-refractivity contribution in [3.05, 3.63) is 0 Å². The molecule has 3 heteroatoms. The number of rotatable bonds is 5. The third-order valence-electron chi connectivity index (χ3n) is 5.64. The molecule has 2 atom stereocenters. The zero-order chi connectivity index (χ0) is 14.0. The molecular formula is C17H29N3. The lowest BCUT2D eigenvalue weighted by molar-refractivity contribution is 0.109. The van der Waals surface area contributed by atoms with Crippen LogP contribution in [-0.4, -0.2) is 35.1 Å². The molecule has 0 amide bonds. The van der Waals surface area contributed by atoms with E-state index in [1.807, 2.05) is 0 Å². The van der Waals surface area contributed by atoms with Gasteiger partial charge in [-0.15, -0.1) is 0 Å². The fourth-order valence-corrected chi connectivity index (χ4v) is 4.41. The van der Waals surface area contributed by atoms with Crippen molar-refractivity contribution in [3.8, 4) is 6.07 Å². The highest BCUT2D eigenvalue weighted by molar-refractivity contribution is 5.15. The van der Waals surface area contributed by atoms with Crippen LogP contribution in [0.15, 0.2) is 0 Å². The number of hydrogen-bond donors (Lipinski definition) is 1. The van der Waals surface area contributed by atoms with Crippen LogP contribution in [0, 0.1) is 11.3 Å². The van der Waals surface area contributed by atoms with E-state index in [1.165, 1.54) is 51.4 Å². The largest absolute Gasteiger partial charge is 0.298 e. The summed E-state index contributed by atoms with van der Waals surface area (Å²) in [6.07, 6.45) is 12.8. The van der Waals surface area contributed by atoms with E-state index >= 15 is 0 Å². The maximum Gasteiger partial charge on any atom is 0.108 e. The van der Waals surface area contributed by atoms with Crippen LogP contribution in [0.1, 0.15) is 71.1 Å². The van der Waals surface area contributed by atoms with Crippen LogP contribution in [0.25, 0.3) is 0 Å². The first kappa shape index (κ1) is 14.4. The highest BCUT2D eigenvalue weighted by Gasteiger charge is 2.45. The van der Waals surface area contributed by atoms with Gasteiger partial charge in [-0.1, -0.05) is 26.2 Å². The first-order chi connectivity index (χ1) is 9.76. The first-order valence-corrected chi connectivity index (χ1v) is 8.71. The van der Waals surface area contributed by atoms with Gasteiger partial charge in [-0.3, -0.25) is 10.2 Å². The van der Waals surface area contributed by atoms with Crippen molar-refractivity contribution >= 4 is 0 Å². The molecule has 0 aromatic heterocycles. The minimum atomic E-state index is -0.214. The van der Waals surface area contributed by atoms with Gasteiger partial charge in [0.2, 0.25) is 0 Å². The topological polar surface area (TPSA) is 39.1 Å². The molecule has 2 unspecified atom stereocenters. The fraction of sp³-hybridized carbons (Fsp3) is 0.941. The SMILES string of the molecule is CCN(C1CCCCC1)C1CCC(C#N)(NC2CC2)C1. The molecule has 0 aliphatic heterocycles. The van der Waals surface area contributed by atoms with Gasteiger partial charge in [-0.05, 0) is 51.5 Å². The second kappa shape index (κ2) is 6.03. The van der Waals surface area contributed by atoms with E-state index in [-0.39, 0.29) is 5.54 Å². The summed E-state index contributed by atoms with van der Waals surface area (Å²) in [7, 11) is 0. The van der Waals surface area contributed by atoms with Crippen LogP contribution < -0.4 is 5.32 Å². The van der Waals surface area contributed by atoms with E-state index in [9.17, 15) is 5.26 Å². The van der Waals surface area contributed by atoms with Crippen LogP contribution >= 0.6 is 0 Å². The zero-order valence-electron chi connectivity index (χ0n) is 12.9. The van der Waals surface area contributed by atoms with Gasteiger partial charge >= 0.3 is 0 Å². The summed E-state index contributed by atoms with van der Waals surface area (Å²) in [4.78, 5) is 2.73. The zero-order valence-corrected chi connectivity index (χ0v) is 12.9. The van der Waals surface area contributed by atoms with Crippen molar-refractivity contribution in [1.29, 1.82) is 5.26 Å². The van der Waals surface area contributed by atoms with Gasteiger partial charge < -0.3 is 0 Å². The lowest BCUT2D eigenvalue weighted by Gasteiger charge is -2.38. The molecule has 0 bridgehead atoms. The van der Waals surface area contributed by atoms with Crippen molar-refractivity contribution in [2.24, 2.45) is 0 Å². The van der Waals surface area contributed by atoms with Gasteiger partial charge in [0.15, 0.2) is 0 Å². The lowest BCUT2D eigenvalue weighted by atomic mass is 9.92. The second-order valence-electron chi connectivity index (χ2n) is 7.13. The summed E-state index contributed by atoms with van der Waals surface area (Å²) in [6, 6.07) is 4.68. The van der Waals surface area contributed by atoms with E-state index in [2.05, 4.69) is 23.2 Å². The molecule has 0 radical (unpaired) electrons. The molecule has 0 heterocycles. The van der Waals surface area contributed by atoms with E-state index in [4.69, 9.17) is 0 Å². The summed E-state index contributed by atoms with van der Waals surface area (Å²) >= 11 is 0. The minimum absolute atomic E-state index is 0.214. The highest BCUT2D eigenvalue weighted by Crippen LogP contribution is 2.38. The van der Waals surface area contributed by atoms with E-state index in [1.54, 1.807) is 0 Å². The monoisotopic (exact) mass is 275 g/mol. The predicted octanol–water partition coefficient (Wildman–Crippen LogP) is 3.21. The maximum atomic E-state index is 9.64. The third-order valence-corrected chi connectivity index (χ3v) is 5.64. The van der Waals surface area contributed by atoms with Gasteiger partial charge in [-0.2, -0.15) is 5.26 Å².